The van der Waals surface area contributed by atoms with Gasteiger partial charge in [-0.15, -0.1) is 24.8 Å². The Labute approximate surface area is 206 Å². The normalized spacial score (nSPS) is 20.9. The second kappa shape index (κ2) is 11.0. The number of piperazine rings is 1. The van der Waals surface area contributed by atoms with Crippen molar-refractivity contribution in [1.29, 1.82) is 0 Å². The lowest BCUT2D eigenvalue weighted by Crippen LogP contribution is -2.55. The molecule has 2 aliphatic rings. The summed E-state index contributed by atoms with van der Waals surface area (Å²) >= 11 is 0. The van der Waals surface area contributed by atoms with Gasteiger partial charge < -0.3 is 10.1 Å². The molecule has 2 aromatic carbocycles. The number of benzene rings is 2. The van der Waals surface area contributed by atoms with Gasteiger partial charge in [-0.25, -0.2) is 0 Å². The van der Waals surface area contributed by atoms with Gasteiger partial charge in [0.1, 0.15) is 0 Å². The maximum absolute atomic E-state index is 13.2. The average molecular weight is 531 g/mol. The molecule has 0 amide bonds. The second-order valence-corrected chi connectivity index (χ2v) is 8.33. The van der Waals surface area contributed by atoms with Crippen molar-refractivity contribution < 1.29 is 31.1 Å². The molecule has 4 rings (SSSR count). The summed E-state index contributed by atoms with van der Waals surface area (Å²) in [6, 6.07) is 9.61. The maximum atomic E-state index is 13.2. The third kappa shape index (κ3) is 5.99. The number of nitrogens with zero attached hydrogens (tertiary/aromatic N) is 1. The van der Waals surface area contributed by atoms with Crippen LogP contribution in [-0.4, -0.2) is 37.7 Å². The maximum Gasteiger partial charge on any atom is 0.416 e. The molecule has 0 radical (unpaired) electrons. The first-order chi connectivity index (χ1) is 15.1. The highest BCUT2D eigenvalue weighted by atomic mass is 35.5. The molecule has 1 heterocycles. The highest BCUT2D eigenvalue weighted by Gasteiger charge is 2.44. The van der Waals surface area contributed by atoms with Gasteiger partial charge in [-0.05, 0) is 47.7 Å². The quantitative estimate of drug-likeness (QED) is 0.492. The molecule has 2 aromatic rings. The van der Waals surface area contributed by atoms with Crippen LogP contribution in [0.5, 0.6) is 0 Å². The van der Waals surface area contributed by atoms with E-state index in [2.05, 4.69) is 16.3 Å². The summed E-state index contributed by atoms with van der Waals surface area (Å²) in [6.07, 6.45) is -8.10. The summed E-state index contributed by atoms with van der Waals surface area (Å²) in [7, 11) is 0. The Balaban J connectivity index is 0.00000204. The molecule has 1 N–H and O–H groups in total. The summed E-state index contributed by atoms with van der Waals surface area (Å²) < 4.78 is 84.8. The standard InChI is InChI=1S/C23H24F6N2O.2ClH/c24-22(25,26)18-11-16(12-19(13-18)23(27,28)29)14-32-15-21(31-9-7-30-8-10-31)6-5-17-3-1-2-4-20(17)21;;/h1-4,11-13,30H,5-10,14-15H2;2*1H. The highest BCUT2D eigenvalue weighted by Crippen LogP contribution is 2.42. The largest absolute Gasteiger partial charge is 0.416 e. The molecule has 11 heteroatoms. The zero-order valence-electron chi connectivity index (χ0n) is 18.1. The van der Waals surface area contributed by atoms with Gasteiger partial charge in [0.05, 0.1) is 29.9 Å². The average Bonchev–Trinajstić information content (AvgIpc) is 3.13. The van der Waals surface area contributed by atoms with E-state index >= 15 is 0 Å². The van der Waals surface area contributed by atoms with Crippen LogP contribution < -0.4 is 5.32 Å². The monoisotopic (exact) mass is 530 g/mol. The Morgan fingerprint density at radius 2 is 1.47 bits per heavy atom. The Morgan fingerprint density at radius 1 is 0.882 bits per heavy atom. The molecule has 1 atom stereocenters. The van der Waals surface area contributed by atoms with E-state index in [1.807, 2.05) is 18.2 Å². The van der Waals surface area contributed by atoms with Crippen LogP contribution in [0.1, 0.15) is 34.2 Å². The minimum atomic E-state index is -4.87. The zero-order chi connectivity index (χ0) is 23.0. The van der Waals surface area contributed by atoms with Gasteiger partial charge in [-0.1, -0.05) is 24.3 Å². The van der Waals surface area contributed by atoms with E-state index in [-0.39, 0.29) is 49.7 Å². The number of aryl methyl sites for hydroxylation is 1. The molecule has 1 unspecified atom stereocenters. The number of hydrogen-bond donors (Lipinski definition) is 1. The second-order valence-electron chi connectivity index (χ2n) is 8.33. The number of ether oxygens (including phenoxy) is 1. The molecule has 0 spiro atoms. The molecule has 3 nitrogen and oxygen atoms in total. The van der Waals surface area contributed by atoms with Crippen molar-refractivity contribution >= 4 is 24.8 Å². The van der Waals surface area contributed by atoms with Gasteiger partial charge in [0.2, 0.25) is 0 Å². The van der Waals surface area contributed by atoms with E-state index in [0.29, 0.717) is 0 Å². The Hall–Kier alpha value is -1.52. The fourth-order valence-corrected chi connectivity index (χ4v) is 4.77. The van der Waals surface area contributed by atoms with Crippen LogP contribution in [0.4, 0.5) is 26.3 Å². The van der Waals surface area contributed by atoms with Crippen LogP contribution in [0.3, 0.4) is 0 Å². The first-order valence-corrected chi connectivity index (χ1v) is 10.5. The van der Waals surface area contributed by atoms with E-state index in [0.717, 1.165) is 56.7 Å². The molecular weight excluding hydrogens is 505 g/mol. The topological polar surface area (TPSA) is 24.5 Å². The number of halogens is 8. The van der Waals surface area contributed by atoms with Crippen molar-refractivity contribution in [3.05, 3.63) is 70.3 Å². The third-order valence-corrected chi connectivity index (χ3v) is 6.31. The molecular formula is C23H26Cl2F6N2O. The van der Waals surface area contributed by atoms with Gasteiger partial charge in [0.15, 0.2) is 0 Å². The summed E-state index contributed by atoms with van der Waals surface area (Å²) in [4.78, 5) is 2.32. The lowest BCUT2D eigenvalue weighted by Gasteiger charge is -2.44. The fraction of sp³-hybridized carbons (Fsp3) is 0.478. The van der Waals surface area contributed by atoms with Crippen molar-refractivity contribution in [3.8, 4) is 0 Å². The van der Waals surface area contributed by atoms with Crippen LogP contribution in [0.25, 0.3) is 0 Å². The number of fused-ring (bicyclic) bond motifs is 1. The van der Waals surface area contributed by atoms with E-state index in [4.69, 9.17) is 4.74 Å². The van der Waals surface area contributed by atoms with Gasteiger partial charge >= 0.3 is 12.4 Å². The molecule has 1 aliphatic heterocycles. The number of alkyl halides is 6. The number of nitrogens with one attached hydrogen (secondary N) is 1. The Bertz CT molecular complexity index is 931. The summed E-state index contributed by atoms with van der Waals surface area (Å²) in [5, 5.41) is 3.31. The number of rotatable bonds is 5. The van der Waals surface area contributed by atoms with Crippen LogP contribution in [0.15, 0.2) is 42.5 Å². The van der Waals surface area contributed by atoms with Gasteiger partial charge in [-0.2, -0.15) is 26.3 Å². The van der Waals surface area contributed by atoms with Crippen LogP contribution in [0, 0.1) is 0 Å². The van der Waals surface area contributed by atoms with Crippen LogP contribution >= 0.6 is 24.8 Å². The van der Waals surface area contributed by atoms with Crippen molar-refractivity contribution in [2.24, 2.45) is 0 Å². The highest BCUT2D eigenvalue weighted by molar-refractivity contribution is 5.85. The lowest BCUT2D eigenvalue weighted by molar-refractivity contribution is -0.143. The van der Waals surface area contributed by atoms with E-state index in [9.17, 15) is 26.3 Å². The van der Waals surface area contributed by atoms with E-state index in [1.165, 1.54) is 5.56 Å². The molecule has 34 heavy (non-hydrogen) atoms. The van der Waals surface area contributed by atoms with Crippen molar-refractivity contribution in [1.82, 2.24) is 10.2 Å². The number of hydrogen-bond acceptors (Lipinski definition) is 3. The minimum absolute atomic E-state index is 0. The molecule has 0 aromatic heterocycles. The Kier molecular flexibility index (Phi) is 9.32. The summed E-state index contributed by atoms with van der Waals surface area (Å²) in [6.45, 7) is 3.07. The van der Waals surface area contributed by atoms with Crippen LogP contribution in [0.2, 0.25) is 0 Å². The Morgan fingerprint density at radius 3 is 2.06 bits per heavy atom. The molecule has 0 saturated carbocycles. The predicted molar refractivity (Wildman–Crippen MR) is 121 cm³/mol. The van der Waals surface area contributed by atoms with Crippen LogP contribution in [-0.2, 0) is 35.7 Å². The van der Waals surface area contributed by atoms with Gasteiger partial charge in [0, 0.05) is 26.2 Å². The summed E-state index contributed by atoms with van der Waals surface area (Å²) in [5.41, 5.74) is -0.903. The molecule has 190 valence electrons. The van der Waals surface area contributed by atoms with Gasteiger partial charge in [-0.3, -0.25) is 4.90 Å². The molecule has 1 aliphatic carbocycles. The van der Waals surface area contributed by atoms with Gasteiger partial charge in [0.25, 0.3) is 0 Å². The minimum Gasteiger partial charge on any atom is -0.374 e. The smallest absolute Gasteiger partial charge is 0.374 e. The SMILES string of the molecule is Cl.Cl.FC(F)(F)c1cc(COCC2(N3CCNCC3)CCc3ccccc32)cc(C(F)(F)F)c1. The van der Waals surface area contributed by atoms with Crippen molar-refractivity contribution in [2.45, 2.75) is 37.3 Å². The fourth-order valence-electron chi connectivity index (χ4n) is 4.77. The first kappa shape index (κ1) is 28.7. The lowest BCUT2D eigenvalue weighted by atomic mass is 9.89. The van der Waals surface area contributed by atoms with Crippen molar-refractivity contribution in [2.75, 3.05) is 32.8 Å². The van der Waals surface area contributed by atoms with E-state index in [1.54, 1.807) is 0 Å². The molecule has 1 saturated heterocycles. The molecule has 0 bridgehead atoms. The van der Waals surface area contributed by atoms with Crippen molar-refractivity contribution in [3.63, 3.8) is 0 Å². The summed E-state index contributed by atoms with van der Waals surface area (Å²) in [5.74, 6) is 0. The predicted octanol–water partition coefficient (Wildman–Crippen LogP) is 5.83. The first-order valence-electron chi connectivity index (χ1n) is 10.5. The van der Waals surface area contributed by atoms with E-state index < -0.39 is 29.0 Å². The zero-order valence-corrected chi connectivity index (χ0v) is 19.8. The third-order valence-electron chi connectivity index (χ3n) is 6.31. The molecule has 1 fully saturated rings.